The zero-order valence-corrected chi connectivity index (χ0v) is 5.42. The van der Waals surface area contributed by atoms with E-state index in [1.165, 1.54) is 11.8 Å². The second kappa shape index (κ2) is 4.19. The van der Waals surface area contributed by atoms with Gasteiger partial charge in [0.15, 0.2) is 0 Å². The van der Waals surface area contributed by atoms with Crippen molar-refractivity contribution in [2.45, 2.75) is 13.8 Å². The minimum atomic E-state index is 0.603. The van der Waals surface area contributed by atoms with Crippen LogP contribution in [0.15, 0.2) is 0 Å². The molecule has 0 fully saturated rings. The first kappa shape index (κ1) is 7.02. The molecule has 0 bridgehead atoms. The molecule has 0 spiro atoms. The second-order valence-corrected chi connectivity index (χ2v) is 2.58. The van der Waals surface area contributed by atoms with E-state index >= 15 is 0 Å². The standard InChI is InChI=1S/C5H9OS/c1-5(2)3-7-4-6/h5H,3H2,1-2H3. The summed E-state index contributed by atoms with van der Waals surface area (Å²) in [7, 11) is 0. The lowest BCUT2D eigenvalue weighted by Gasteiger charge is -1.94. The summed E-state index contributed by atoms with van der Waals surface area (Å²) in [6.45, 7) is 4.15. The first-order valence-corrected chi connectivity index (χ1v) is 3.25. The highest BCUT2D eigenvalue weighted by Gasteiger charge is 1.90. The smallest absolute Gasteiger partial charge is 0.266 e. The highest BCUT2D eigenvalue weighted by atomic mass is 32.2. The molecular weight excluding hydrogens is 108 g/mol. The Morgan fingerprint density at radius 2 is 2.29 bits per heavy atom. The lowest BCUT2D eigenvalue weighted by molar-refractivity contribution is 0.569. The van der Waals surface area contributed by atoms with E-state index in [0.29, 0.717) is 5.92 Å². The molecule has 0 saturated carbocycles. The van der Waals surface area contributed by atoms with Crippen molar-refractivity contribution in [1.82, 2.24) is 0 Å². The SMILES string of the molecule is CC(C)CS[C]=O. The third-order valence-electron chi connectivity index (χ3n) is 0.476. The lowest BCUT2D eigenvalue weighted by Crippen LogP contribution is -1.88. The molecule has 0 aromatic rings. The minimum absolute atomic E-state index is 0.603. The van der Waals surface area contributed by atoms with Crippen LogP contribution in [0.25, 0.3) is 0 Å². The van der Waals surface area contributed by atoms with Gasteiger partial charge in [-0.05, 0) is 5.92 Å². The molecule has 0 aliphatic heterocycles. The van der Waals surface area contributed by atoms with Gasteiger partial charge >= 0.3 is 0 Å². The molecule has 7 heavy (non-hydrogen) atoms. The molecule has 0 unspecified atom stereocenters. The molecule has 0 atom stereocenters. The summed E-state index contributed by atoms with van der Waals surface area (Å²) in [5, 5.41) is 0. The molecule has 0 amide bonds. The Bertz CT molecular complexity index is 52.0. The van der Waals surface area contributed by atoms with E-state index in [-0.39, 0.29) is 0 Å². The van der Waals surface area contributed by atoms with Gasteiger partial charge in [0.05, 0.1) is 0 Å². The van der Waals surface area contributed by atoms with Gasteiger partial charge in [-0.2, -0.15) is 0 Å². The van der Waals surface area contributed by atoms with E-state index in [4.69, 9.17) is 0 Å². The maximum absolute atomic E-state index is 9.55. The Morgan fingerprint density at radius 1 is 1.71 bits per heavy atom. The molecule has 1 nitrogen and oxygen atoms in total. The third kappa shape index (κ3) is 6.02. The van der Waals surface area contributed by atoms with Crippen LogP contribution in [0.2, 0.25) is 0 Å². The molecule has 0 aliphatic rings. The normalized spacial score (nSPS) is 9.57. The fourth-order valence-corrected chi connectivity index (χ4v) is 0.602. The summed E-state index contributed by atoms with van der Waals surface area (Å²) in [5.41, 5.74) is 1.77. The Kier molecular flexibility index (Phi) is 4.20. The van der Waals surface area contributed by atoms with Crippen LogP contribution in [-0.2, 0) is 4.79 Å². The van der Waals surface area contributed by atoms with Crippen LogP contribution in [0.3, 0.4) is 0 Å². The summed E-state index contributed by atoms with van der Waals surface area (Å²) < 4.78 is 0. The molecule has 0 heterocycles. The molecule has 0 aromatic heterocycles. The first-order valence-electron chi connectivity index (χ1n) is 2.26. The summed E-state index contributed by atoms with van der Waals surface area (Å²) in [6, 6.07) is 0. The van der Waals surface area contributed by atoms with E-state index < -0.39 is 0 Å². The number of hydrogen-bond donors (Lipinski definition) is 0. The summed E-state index contributed by atoms with van der Waals surface area (Å²) in [6.07, 6.45) is 0. The van der Waals surface area contributed by atoms with Gasteiger partial charge < -0.3 is 0 Å². The highest BCUT2D eigenvalue weighted by molar-refractivity contribution is 8.11. The molecule has 2 heteroatoms. The number of hydrogen-bond acceptors (Lipinski definition) is 2. The zero-order valence-electron chi connectivity index (χ0n) is 4.60. The van der Waals surface area contributed by atoms with E-state index in [1.54, 1.807) is 5.62 Å². The lowest BCUT2D eigenvalue weighted by atomic mass is 10.3. The third-order valence-corrected chi connectivity index (χ3v) is 1.43. The van der Waals surface area contributed by atoms with E-state index in [1.807, 2.05) is 0 Å². The van der Waals surface area contributed by atoms with Crippen LogP contribution in [-0.4, -0.2) is 11.4 Å². The van der Waals surface area contributed by atoms with Crippen LogP contribution < -0.4 is 0 Å². The Labute approximate surface area is 48.5 Å². The molecular formula is C5H9OS. The van der Waals surface area contributed by atoms with Gasteiger partial charge in [0.1, 0.15) is 0 Å². The quantitative estimate of drug-likeness (QED) is 0.556. The van der Waals surface area contributed by atoms with Gasteiger partial charge in [-0.15, -0.1) is 0 Å². The van der Waals surface area contributed by atoms with E-state index in [9.17, 15) is 4.79 Å². The molecule has 41 valence electrons. The molecule has 0 aromatic carbocycles. The van der Waals surface area contributed by atoms with Crippen molar-refractivity contribution in [3.05, 3.63) is 0 Å². The van der Waals surface area contributed by atoms with Gasteiger partial charge in [-0.1, -0.05) is 25.6 Å². The van der Waals surface area contributed by atoms with Crippen molar-refractivity contribution in [3.8, 4) is 0 Å². The fourth-order valence-electron chi connectivity index (χ4n) is 0.201. The topological polar surface area (TPSA) is 17.1 Å². The molecule has 0 N–H and O–H groups in total. The Morgan fingerprint density at radius 3 is 2.43 bits per heavy atom. The molecule has 0 rings (SSSR count). The van der Waals surface area contributed by atoms with Gasteiger partial charge in [0.2, 0.25) is 0 Å². The van der Waals surface area contributed by atoms with Crippen LogP contribution >= 0.6 is 11.8 Å². The van der Waals surface area contributed by atoms with Gasteiger partial charge in [-0.3, -0.25) is 4.79 Å². The number of carbonyl (C=O) groups excluding carboxylic acids is 1. The molecule has 0 aliphatic carbocycles. The van der Waals surface area contributed by atoms with E-state index in [2.05, 4.69) is 13.8 Å². The maximum atomic E-state index is 9.55. The number of rotatable bonds is 3. The van der Waals surface area contributed by atoms with Crippen molar-refractivity contribution >= 4 is 17.4 Å². The zero-order chi connectivity index (χ0) is 5.70. The van der Waals surface area contributed by atoms with Gasteiger partial charge in [0, 0.05) is 5.75 Å². The Hall–Kier alpha value is 0.0200. The minimum Gasteiger partial charge on any atom is -0.277 e. The fraction of sp³-hybridized carbons (Fsp3) is 0.800. The predicted molar refractivity (Wildman–Crippen MR) is 33.0 cm³/mol. The van der Waals surface area contributed by atoms with Gasteiger partial charge in [-0.25, -0.2) is 0 Å². The summed E-state index contributed by atoms with van der Waals surface area (Å²) in [5.74, 6) is 1.50. The van der Waals surface area contributed by atoms with Crippen molar-refractivity contribution in [2.24, 2.45) is 5.92 Å². The average Bonchev–Trinajstić information content (AvgIpc) is 1.61. The van der Waals surface area contributed by atoms with Crippen molar-refractivity contribution < 1.29 is 4.79 Å². The maximum Gasteiger partial charge on any atom is 0.266 e. The second-order valence-electron chi connectivity index (χ2n) is 1.79. The van der Waals surface area contributed by atoms with E-state index in [0.717, 1.165) is 5.75 Å². The highest BCUT2D eigenvalue weighted by Crippen LogP contribution is 2.01. The summed E-state index contributed by atoms with van der Waals surface area (Å²) >= 11 is 1.21. The largest absolute Gasteiger partial charge is 0.277 e. The monoisotopic (exact) mass is 117 g/mol. The van der Waals surface area contributed by atoms with Gasteiger partial charge in [0.25, 0.3) is 5.62 Å². The van der Waals surface area contributed by atoms with Crippen LogP contribution in [0.4, 0.5) is 0 Å². The molecule has 1 radical (unpaired) electrons. The average molecular weight is 117 g/mol. The molecule has 0 saturated heterocycles. The van der Waals surface area contributed by atoms with Crippen LogP contribution in [0.5, 0.6) is 0 Å². The van der Waals surface area contributed by atoms with Crippen LogP contribution in [0.1, 0.15) is 13.8 Å². The predicted octanol–water partition coefficient (Wildman–Crippen LogP) is 1.44. The first-order chi connectivity index (χ1) is 3.27. The van der Waals surface area contributed by atoms with Crippen molar-refractivity contribution in [2.75, 3.05) is 5.75 Å². The van der Waals surface area contributed by atoms with Crippen molar-refractivity contribution in [1.29, 1.82) is 0 Å². The van der Waals surface area contributed by atoms with Crippen LogP contribution in [0, 0.1) is 5.92 Å². The Balaban J connectivity index is 2.81. The number of thioether (sulfide) groups is 1. The summed E-state index contributed by atoms with van der Waals surface area (Å²) in [4.78, 5) is 9.55. The van der Waals surface area contributed by atoms with Crippen molar-refractivity contribution in [3.63, 3.8) is 0 Å².